The van der Waals surface area contributed by atoms with Crippen molar-refractivity contribution in [3.05, 3.63) is 275 Å². The maximum Gasteiger partial charge on any atom is 0.164 e. The first kappa shape index (κ1) is 54.3. The molecule has 88 heavy (non-hydrogen) atoms. The fraction of sp³-hybridized carbons (Fsp3) is 0.133. The molecule has 5 nitrogen and oxygen atoms in total. The largest absolute Gasteiger partial charge is 0.507 e. The molecule has 0 atom stereocenters. The average Bonchev–Trinajstić information content (AvgIpc) is 1.50. The molecule has 426 valence electrons. The van der Waals surface area contributed by atoms with Crippen LogP contribution in [0.4, 0.5) is 0 Å². The highest BCUT2D eigenvalue weighted by atomic mass is 16.3. The zero-order valence-electron chi connectivity index (χ0n) is 51.1. The number of phenols is 1. The van der Waals surface area contributed by atoms with E-state index in [4.69, 9.17) is 14.4 Å². The van der Waals surface area contributed by atoms with Gasteiger partial charge in [-0.2, -0.15) is 0 Å². The van der Waals surface area contributed by atoms with Crippen molar-refractivity contribution in [2.45, 2.75) is 73.6 Å². The van der Waals surface area contributed by atoms with Crippen molar-refractivity contribution < 1.29 is 9.52 Å². The van der Waals surface area contributed by atoms with E-state index in [0.29, 0.717) is 11.5 Å². The van der Waals surface area contributed by atoms with Gasteiger partial charge in [-0.15, -0.1) is 0 Å². The van der Waals surface area contributed by atoms with Gasteiger partial charge in [-0.3, -0.25) is 4.57 Å². The van der Waals surface area contributed by atoms with Crippen molar-refractivity contribution in [1.82, 2.24) is 14.5 Å². The topological polar surface area (TPSA) is 64.1 Å². The smallest absolute Gasteiger partial charge is 0.164 e. The maximum absolute atomic E-state index is 11.6. The number of aromatic hydroxyl groups is 1. The molecule has 14 aromatic rings. The van der Waals surface area contributed by atoms with Crippen LogP contribution in [0.2, 0.25) is 0 Å². The second-order valence-corrected chi connectivity index (χ2v) is 25.2. The van der Waals surface area contributed by atoms with Crippen molar-refractivity contribution in [1.29, 1.82) is 0 Å². The first-order chi connectivity index (χ1) is 42.8. The lowest BCUT2D eigenvalue weighted by Gasteiger charge is -2.23. The van der Waals surface area contributed by atoms with E-state index in [-0.39, 0.29) is 11.2 Å². The Hall–Kier alpha value is -10.4. The Morgan fingerprint density at radius 2 is 1.01 bits per heavy atom. The van der Waals surface area contributed by atoms with Crippen LogP contribution in [0.15, 0.2) is 235 Å². The van der Waals surface area contributed by atoms with Crippen molar-refractivity contribution in [2.24, 2.45) is 0 Å². The van der Waals surface area contributed by atoms with E-state index >= 15 is 0 Å². The van der Waals surface area contributed by atoms with E-state index in [1.165, 1.54) is 27.8 Å². The molecule has 15 rings (SSSR count). The predicted molar refractivity (Wildman–Crippen MR) is 367 cm³/mol. The number of furan rings is 1. The van der Waals surface area contributed by atoms with E-state index in [1.807, 2.05) is 6.07 Å². The van der Waals surface area contributed by atoms with E-state index in [1.54, 1.807) is 6.07 Å². The fourth-order valence-corrected chi connectivity index (χ4v) is 14.4. The minimum atomic E-state index is -0.0826. The second kappa shape index (κ2) is 21.3. The molecule has 1 N–H and O–H groups in total. The molecule has 11 aromatic carbocycles. The Morgan fingerprint density at radius 3 is 1.72 bits per heavy atom. The summed E-state index contributed by atoms with van der Waals surface area (Å²) in [6.07, 6.45) is 1.66. The van der Waals surface area contributed by atoms with Crippen LogP contribution >= 0.6 is 0 Å². The monoisotopic (exact) mass is 1140 g/mol. The van der Waals surface area contributed by atoms with Gasteiger partial charge >= 0.3 is 0 Å². The zero-order valence-corrected chi connectivity index (χ0v) is 51.1. The molecule has 0 bridgehead atoms. The number of para-hydroxylation sites is 2. The van der Waals surface area contributed by atoms with Gasteiger partial charge in [-0.25, -0.2) is 9.97 Å². The number of fused-ring (bicyclic) bond motifs is 7. The van der Waals surface area contributed by atoms with Gasteiger partial charge in [0.15, 0.2) is 5.82 Å². The van der Waals surface area contributed by atoms with Crippen LogP contribution in [-0.4, -0.2) is 19.6 Å². The normalized spacial score (nSPS) is 12.3. The van der Waals surface area contributed by atoms with Crippen LogP contribution in [0, 0.1) is 34.6 Å². The molecule has 0 spiro atoms. The molecule has 1 aliphatic rings. The number of benzene rings is 11. The number of rotatable bonds is 9. The quantitative estimate of drug-likeness (QED) is 0.156. The molecule has 3 aromatic heterocycles. The second-order valence-electron chi connectivity index (χ2n) is 25.2. The van der Waals surface area contributed by atoms with Gasteiger partial charge in [0.25, 0.3) is 0 Å². The number of hydrogen-bond acceptors (Lipinski definition) is 4. The number of pyridine rings is 1. The Bertz CT molecular complexity index is 5090. The van der Waals surface area contributed by atoms with Gasteiger partial charge in [-0.1, -0.05) is 220 Å². The zero-order chi connectivity index (χ0) is 60.1. The van der Waals surface area contributed by atoms with E-state index in [9.17, 15) is 5.11 Å². The molecule has 5 heteroatoms. The van der Waals surface area contributed by atoms with Gasteiger partial charge in [0.2, 0.25) is 0 Å². The molecular formula is C83H67N3O2. The van der Waals surface area contributed by atoms with E-state index < -0.39 is 0 Å². The highest BCUT2D eigenvalue weighted by Crippen LogP contribution is 2.53. The number of aryl methyl sites for hydroxylation is 7. The third-order valence-electron chi connectivity index (χ3n) is 18.3. The summed E-state index contributed by atoms with van der Waals surface area (Å²) in [6.45, 7) is 17.9. The van der Waals surface area contributed by atoms with Crippen LogP contribution in [0.5, 0.6) is 5.75 Å². The van der Waals surface area contributed by atoms with E-state index in [0.717, 1.165) is 157 Å². The van der Waals surface area contributed by atoms with Gasteiger partial charge < -0.3 is 9.52 Å². The lowest BCUT2D eigenvalue weighted by atomic mass is 9.80. The number of aromatic nitrogens is 3. The van der Waals surface area contributed by atoms with Gasteiger partial charge in [0.1, 0.15) is 22.6 Å². The van der Waals surface area contributed by atoms with Crippen LogP contribution in [0.1, 0.15) is 65.3 Å². The summed E-state index contributed by atoms with van der Waals surface area (Å²) >= 11 is 0. The first-order valence-corrected chi connectivity index (χ1v) is 30.7. The Morgan fingerprint density at radius 1 is 0.420 bits per heavy atom. The molecular weight excluding hydrogens is 1070 g/mol. The van der Waals surface area contributed by atoms with Gasteiger partial charge in [0.05, 0.1) is 22.4 Å². The molecule has 0 saturated carbocycles. The van der Waals surface area contributed by atoms with Crippen molar-refractivity contribution in [3.63, 3.8) is 0 Å². The van der Waals surface area contributed by atoms with Crippen LogP contribution < -0.4 is 0 Å². The molecule has 0 radical (unpaired) electrons. The molecule has 0 saturated heterocycles. The fourth-order valence-electron chi connectivity index (χ4n) is 14.4. The minimum Gasteiger partial charge on any atom is -0.507 e. The Labute approximate surface area is 515 Å². The number of imidazole rings is 1. The highest BCUT2D eigenvalue weighted by Gasteiger charge is 2.31. The van der Waals surface area contributed by atoms with Crippen molar-refractivity contribution in [3.8, 4) is 112 Å². The Balaban J connectivity index is 1.14. The molecule has 0 amide bonds. The Kier molecular flexibility index (Phi) is 13.1. The van der Waals surface area contributed by atoms with E-state index in [2.05, 4.69) is 278 Å². The third-order valence-corrected chi connectivity index (χ3v) is 18.3. The first-order valence-electron chi connectivity index (χ1n) is 30.7. The molecule has 1 aliphatic carbocycles. The number of nitrogens with zero attached hydrogens (tertiary/aromatic N) is 3. The lowest BCUT2D eigenvalue weighted by Crippen LogP contribution is -2.10. The third kappa shape index (κ3) is 9.06. The summed E-state index contributed by atoms with van der Waals surface area (Å²) in [6, 6.07) is 83.6. The molecule has 0 aliphatic heterocycles. The number of phenolic OH excluding ortho intramolecular Hbond substituents is 1. The summed E-state index contributed by atoms with van der Waals surface area (Å²) in [5.74, 6) is 0.944. The standard InChI is InChI=1S/C83H67N3O2/c1-49-44-52(4)73(53(5)45-49)65-35-21-33-62(55-26-13-10-14-27-55)77(65)66-41-43-69-80(85-82(86(69)81-50(2)22-17-23-51(81)3)68-42-40-57-39-38-56-28-19-36-70(87)75(56)79(57)84-68)74(66)59-47-67(78-64-31-15-16-37-71(64)88-72(78)48-59)76-61(54-24-11-9-12-25-54)32-20-34-63(76)58-29-18-30-60(46-58)83(6,7)8/h9-37,40-48,87H,38-39H2,1-8H3. The van der Waals surface area contributed by atoms with Crippen LogP contribution in [0.3, 0.4) is 0 Å². The molecule has 0 fully saturated rings. The highest BCUT2D eigenvalue weighted by molar-refractivity contribution is 6.18. The van der Waals surface area contributed by atoms with Gasteiger partial charge in [-0.05, 0) is 201 Å². The summed E-state index contributed by atoms with van der Waals surface area (Å²) in [5.41, 5.74) is 31.3. The van der Waals surface area contributed by atoms with Gasteiger partial charge in [0, 0.05) is 21.9 Å². The predicted octanol–water partition coefficient (Wildman–Crippen LogP) is 22.0. The van der Waals surface area contributed by atoms with Crippen LogP contribution in [-0.2, 0) is 18.3 Å². The van der Waals surface area contributed by atoms with Crippen molar-refractivity contribution >= 4 is 33.0 Å². The summed E-state index contributed by atoms with van der Waals surface area (Å²) in [5, 5.41) is 13.7. The average molecular weight is 1140 g/mol. The number of hydrogen-bond donors (Lipinski definition) is 1. The summed E-state index contributed by atoms with van der Waals surface area (Å²) in [7, 11) is 0. The van der Waals surface area contributed by atoms with Crippen LogP contribution in [0.25, 0.3) is 139 Å². The molecule has 3 heterocycles. The summed E-state index contributed by atoms with van der Waals surface area (Å²) in [4.78, 5) is 11.7. The lowest BCUT2D eigenvalue weighted by molar-refractivity contribution is 0.476. The van der Waals surface area contributed by atoms with Crippen molar-refractivity contribution in [2.75, 3.05) is 0 Å². The molecule has 0 unspecified atom stereocenters. The maximum atomic E-state index is 11.6. The minimum absolute atomic E-state index is 0.0826. The SMILES string of the molecule is Cc1cc(C)c(-c2cccc(-c3ccccc3)c2-c2ccc3c(nc(-c4ccc5c(n4)-c4c(O)cccc4CC5)n3-c3c(C)cccc3C)c2-c2cc(-c3c(-c4ccccc4)cccc3-c3cccc(C(C)(C)C)c3)c3c(c2)oc2ccccc23)c(C)c1. The summed E-state index contributed by atoms with van der Waals surface area (Å²) < 4.78 is 9.60.